The lowest BCUT2D eigenvalue weighted by molar-refractivity contribution is 0.151. The van der Waals surface area contributed by atoms with E-state index in [4.69, 9.17) is 11.6 Å². The number of hydrogen-bond donors (Lipinski definition) is 0. The third kappa shape index (κ3) is 1.84. The van der Waals surface area contributed by atoms with Crippen molar-refractivity contribution in [2.24, 2.45) is 0 Å². The highest BCUT2D eigenvalue weighted by atomic mass is 35.5. The van der Waals surface area contributed by atoms with E-state index in [0.29, 0.717) is 5.39 Å². The molecule has 0 bridgehead atoms. The van der Waals surface area contributed by atoms with Crippen LogP contribution in [-0.4, -0.2) is 4.98 Å². The van der Waals surface area contributed by atoms with Gasteiger partial charge >= 0.3 is 0 Å². The van der Waals surface area contributed by atoms with Gasteiger partial charge in [0, 0.05) is 16.5 Å². The second-order valence-corrected chi connectivity index (χ2v) is 4.61. The summed E-state index contributed by atoms with van der Waals surface area (Å²) in [6.45, 7) is 2.01. The van der Waals surface area contributed by atoms with Crippen LogP contribution in [0.1, 0.15) is 23.8 Å². The maximum absolute atomic E-state index is 12.5. The van der Waals surface area contributed by atoms with E-state index in [9.17, 15) is 8.78 Å². The highest BCUT2D eigenvalue weighted by Gasteiger charge is 2.16. The maximum Gasteiger partial charge on any atom is 0.266 e. The molecule has 5 heteroatoms. The Kier molecular flexibility index (Phi) is 2.89. The van der Waals surface area contributed by atoms with Gasteiger partial charge in [-0.15, -0.1) is 11.3 Å². The highest BCUT2D eigenvalue weighted by Crippen LogP contribution is 2.35. The van der Waals surface area contributed by atoms with Gasteiger partial charge in [-0.25, -0.2) is 13.8 Å². The summed E-state index contributed by atoms with van der Waals surface area (Å²) in [6.07, 6.45) is -0.550. The van der Waals surface area contributed by atoms with E-state index in [1.165, 1.54) is 11.3 Å². The van der Waals surface area contributed by atoms with Crippen LogP contribution >= 0.6 is 22.9 Å². The molecule has 0 amide bonds. The number of aromatic nitrogens is 1. The lowest BCUT2D eigenvalue weighted by Crippen LogP contribution is -1.87. The van der Waals surface area contributed by atoms with Crippen molar-refractivity contribution in [3.63, 3.8) is 0 Å². The first-order valence-electron chi connectivity index (χ1n) is 4.48. The fraction of sp³-hybridized carbons (Fsp3) is 0.300. The Morgan fingerprint density at radius 1 is 1.53 bits per heavy atom. The number of thiophene rings is 1. The summed E-state index contributed by atoms with van der Waals surface area (Å²) in [5.74, 6) is 0. The molecule has 0 aliphatic carbocycles. The van der Waals surface area contributed by atoms with Gasteiger partial charge < -0.3 is 0 Å². The molecule has 15 heavy (non-hydrogen) atoms. The van der Waals surface area contributed by atoms with Crippen LogP contribution in [0.15, 0.2) is 12.3 Å². The number of hydrogen-bond acceptors (Lipinski definition) is 2. The fourth-order valence-electron chi connectivity index (χ4n) is 1.35. The molecule has 0 N–H and O–H groups in total. The molecule has 0 saturated heterocycles. The van der Waals surface area contributed by atoms with Gasteiger partial charge in [-0.05, 0) is 12.5 Å². The topological polar surface area (TPSA) is 12.9 Å². The number of aryl methyl sites for hydroxylation is 1. The van der Waals surface area contributed by atoms with Crippen molar-refractivity contribution >= 4 is 33.2 Å². The number of fused-ring (bicyclic) bond motifs is 1. The predicted octanol–water partition coefficient (Wildman–Crippen LogP) is 4.45. The van der Waals surface area contributed by atoms with E-state index < -0.39 is 6.43 Å². The number of rotatable bonds is 2. The quantitative estimate of drug-likeness (QED) is 0.764. The summed E-state index contributed by atoms with van der Waals surface area (Å²) in [4.78, 5) is 5.81. The van der Waals surface area contributed by atoms with E-state index in [2.05, 4.69) is 4.98 Å². The minimum atomic E-state index is -2.57. The lowest BCUT2D eigenvalue weighted by Gasteiger charge is -2.02. The zero-order valence-corrected chi connectivity index (χ0v) is 9.50. The van der Waals surface area contributed by atoms with Crippen LogP contribution in [0.3, 0.4) is 0 Å². The molecule has 0 radical (unpaired) electrons. The Bertz CT molecular complexity index is 495. The van der Waals surface area contributed by atoms with E-state index in [1.54, 1.807) is 0 Å². The van der Waals surface area contributed by atoms with Gasteiger partial charge in [0.05, 0.1) is 10.6 Å². The Labute approximate surface area is 94.7 Å². The molecule has 0 aliphatic rings. The molecule has 0 saturated carbocycles. The summed E-state index contributed by atoms with van der Waals surface area (Å²) in [5, 5.41) is 0.766. The molecule has 2 heterocycles. The van der Waals surface area contributed by atoms with E-state index in [-0.39, 0.29) is 10.6 Å². The van der Waals surface area contributed by atoms with E-state index in [0.717, 1.165) is 22.3 Å². The molecule has 2 aromatic heterocycles. The molecule has 0 fully saturated rings. The average Bonchev–Trinajstić information content (AvgIpc) is 2.61. The van der Waals surface area contributed by atoms with E-state index in [1.807, 2.05) is 13.0 Å². The van der Waals surface area contributed by atoms with Crippen LogP contribution in [0, 0.1) is 0 Å². The van der Waals surface area contributed by atoms with Gasteiger partial charge in [-0.3, -0.25) is 0 Å². The molecular formula is C10H8ClF2NS. The minimum Gasteiger partial charge on any atom is -0.245 e. The van der Waals surface area contributed by atoms with Crippen LogP contribution in [0.4, 0.5) is 8.78 Å². The number of alkyl halides is 2. The van der Waals surface area contributed by atoms with Crippen LogP contribution in [0.25, 0.3) is 10.2 Å². The fourth-order valence-corrected chi connectivity index (χ4v) is 2.63. The van der Waals surface area contributed by atoms with Crippen molar-refractivity contribution < 1.29 is 8.78 Å². The standard InChI is InChI=1S/C10H8ClF2NS/c1-2-5-3-6-8(11)7(9(12)13)4-14-10(6)15-5/h3-4,9H,2H2,1H3. The largest absolute Gasteiger partial charge is 0.266 e. The molecule has 1 nitrogen and oxygen atoms in total. The Morgan fingerprint density at radius 2 is 2.27 bits per heavy atom. The number of pyridine rings is 1. The molecule has 80 valence electrons. The van der Waals surface area contributed by atoms with Gasteiger partial charge in [0.25, 0.3) is 6.43 Å². The van der Waals surface area contributed by atoms with Crippen molar-refractivity contribution in [1.82, 2.24) is 4.98 Å². The first kappa shape index (κ1) is 10.8. The second kappa shape index (κ2) is 4.02. The third-order valence-electron chi connectivity index (χ3n) is 2.16. The Balaban J connectivity index is 2.67. The SMILES string of the molecule is CCc1cc2c(Cl)c(C(F)F)cnc2s1. The van der Waals surface area contributed by atoms with Crippen LogP contribution in [-0.2, 0) is 6.42 Å². The van der Waals surface area contributed by atoms with Crippen LogP contribution in [0.2, 0.25) is 5.02 Å². The summed E-state index contributed by atoms with van der Waals surface area (Å²) in [7, 11) is 0. The van der Waals surface area contributed by atoms with Crippen LogP contribution in [0.5, 0.6) is 0 Å². The summed E-state index contributed by atoms with van der Waals surface area (Å²) in [5.41, 5.74) is -0.190. The monoisotopic (exact) mass is 247 g/mol. The van der Waals surface area contributed by atoms with Crippen molar-refractivity contribution in [3.8, 4) is 0 Å². The minimum absolute atomic E-state index is 0.131. The van der Waals surface area contributed by atoms with Gasteiger partial charge in [-0.1, -0.05) is 18.5 Å². The van der Waals surface area contributed by atoms with Gasteiger partial charge in [0.2, 0.25) is 0 Å². The number of nitrogens with zero attached hydrogens (tertiary/aromatic N) is 1. The third-order valence-corrected chi connectivity index (χ3v) is 3.77. The summed E-state index contributed by atoms with van der Waals surface area (Å²) in [6, 6.07) is 1.83. The molecule has 0 unspecified atom stereocenters. The predicted molar refractivity (Wildman–Crippen MR) is 59.0 cm³/mol. The Morgan fingerprint density at radius 3 is 2.87 bits per heavy atom. The first-order valence-corrected chi connectivity index (χ1v) is 5.68. The molecule has 0 aliphatic heterocycles. The van der Waals surface area contributed by atoms with E-state index >= 15 is 0 Å². The van der Waals surface area contributed by atoms with Gasteiger partial charge in [0.1, 0.15) is 4.83 Å². The molecular weight excluding hydrogens is 240 g/mol. The molecule has 0 atom stereocenters. The average molecular weight is 248 g/mol. The second-order valence-electron chi connectivity index (χ2n) is 3.11. The van der Waals surface area contributed by atoms with Crippen LogP contribution < -0.4 is 0 Å². The maximum atomic E-state index is 12.5. The Hall–Kier alpha value is -0.740. The van der Waals surface area contributed by atoms with Crippen molar-refractivity contribution in [2.75, 3.05) is 0 Å². The molecule has 2 rings (SSSR count). The molecule has 0 spiro atoms. The lowest BCUT2D eigenvalue weighted by atomic mass is 10.2. The van der Waals surface area contributed by atoms with Crippen molar-refractivity contribution in [2.45, 2.75) is 19.8 Å². The van der Waals surface area contributed by atoms with Crippen molar-refractivity contribution in [3.05, 3.63) is 27.7 Å². The summed E-state index contributed by atoms with van der Waals surface area (Å²) < 4.78 is 25.0. The zero-order valence-electron chi connectivity index (χ0n) is 7.93. The van der Waals surface area contributed by atoms with Gasteiger partial charge in [-0.2, -0.15) is 0 Å². The normalized spacial score (nSPS) is 11.5. The molecule has 0 aromatic carbocycles. The van der Waals surface area contributed by atoms with Crippen molar-refractivity contribution in [1.29, 1.82) is 0 Å². The zero-order chi connectivity index (χ0) is 11.0. The number of halogens is 3. The first-order chi connectivity index (χ1) is 7.13. The summed E-state index contributed by atoms with van der Waals surface area (Å²) >= 11 is 7.38. The molecule has 2 aromatic rings. The smallest absolute Gasteiger partial charge is 0.245 e. The van der Waals surface area contributed by atoms with Gasteiger partial charge in [0.15, 0.2) is 0 Å². The highest BCUT2D eigenvalue weighted by molar-refractivity contribution is 7.18.